The second kappa shape index (κ2) is 6.40. The minimum Gasteiger partial charge on any atom is -0.378 e. The SMILES string of the molecule is CC1(C)Cc2c(c(N3CCOCC3)nc3sc4c(c23)N2C(=O)CCC2(C)NC4=O)CO1. The van der Waals surface area contributed by atoms with E-state index in [4.69, 9.17) is 14.5 Å². The van der Waals surface area contributed by atoms with Crippen molar-refractivity contribution in [3.8, 4) is 0 Å². The van der Waals surface area contributed by atoms with Crippen LogP contribution in [0, 0.1) is 0 Å². The van der Waals surface area contributed by atoms with E-state index in [1.54, 1.807) is 0 Å². The number of thiophene rings is 1. The number of rotatable bonds is 1. The Bertz CT molecular complexity index is 1140. The maximum Gasteiger partial charge on any atom is 0.265 e. The molecule has 0 spiro atoms. The zero-order valence-corrected chi connectivity index (χ0v) is 18.9. The van der Waals surface area contributed by atoms with Crippen LogP contribution in [0.1, 0.15) is 54.4 Å². The summed E-state index contributed by atoms with van der Waals surface area (Å²) >= 11 is 1.39. The minimum atomic E-state index is -0.675. The molecule has 9 heteroatoms. The van der Waals surface area contributed by atoms with Crippen LogP contribution in [0.5, 0.6) is 0 Å². The molecule has 164 valence electrons. The van der Waals surface area contributed by atoms with Crippen LogP contribution >= 0.6 is 11.3 Å². The summed E-state index contributed by atoms with van der Waals surface area (Å²) in [6, 6.07) is 0. The topological polar surface area (TPSA) is 84.0 Å². The third-order valence-electron chi connectivity index (χ3n) is 6.91. The molecule has 0 aliphatic carbocycles. The Morgan fingerprint density at radius 3 is 2.68 bits per heavy atom. The monoisotopic (exact) mass is 442 g/mol. The summed E-state index contributed by atoms with van der Waals surface area (Å²) in [4.78, 5) is 36.6. The van der Waals surface area contributed by atoms with E-state index in [1.807, 2.05) is 11.8 Å². The molecule has 1 unspecified atom stereocenters. The van der Waals surface area contributed by atoms with E-state index in [0.717, 1.165) is 45.9 Å². The first-order valence-corrected chi connectivity index (χ1v) is 11.7. The van der Waals surface area contributed by atoms with Crippen molar-refractivity contribution in [3.63, 3.8) is 0 Å². The first kappa shape index (κ1) is 19.5. The van der Waals surface area contributed by atoms with Gasteiger partial charge in [0.05, 0.1) is 31.1 Å². The first-order valence-electron chi connectivity index (χ1n) is 10.9. The van der Waals surface area contributed by atoms with E-state index in [-0.39, 0.29) is 17.4 Å². The van der Waals surface area contributed by atoms with Crippen LogP contribution in [0.4, 0.5) is 11.5 Å². The van der Waals surface area contributed by atoms with Crippen molar-refractivity contribution in [2.75, 3.05) is 36.1 Å². The normalized spacial score (nSPS) is 27.2. The van der Waals surface area contributed by atoms with Crippen molar-refractivity contribution >= 4 is 44.9 Å². The van der Waals surface area contributed by atoms with Crippen LogP contribution in [0.2, 0.25) is 0 Å². The van der Waals surface area contributed by atoms with Crippen molar-refractivity contribution in [1.82, 2.24) is 10.3 Å². The van der Waals surface area contributed by atoms with Crippen LogP contribution in [-0.2, 0) is 27.3 Å². The number of anilines is 2. The molecule has 2 amide bonds. The molecule has 0 aromatic carbocycles. The molecule has 6 rings (SSSR count). The van der Waals surface area contributed by atoms with Crippen LogP contribution < -0.4 is 15.1 Å². The minimum absolute atomic E-state index is 0.0563. The second-order valence-corrected chi connectivity index (χ2v) is 10.6. The van der Waals surface area contributed by atoms with E-state index in [0.29, 0.717) is 44.0 Å². The number of ether oxygens (including phenoxy) is 2. The Morgan fingerprint density at radius 1 is 1.13 bits per heavy atom. The van der Waals surface area contributed by atoms with Gasteiger partial charge in [0, 0.05) is 36.9 Å². The van der Waals surface area contributed by atoms with Crippen molar-refractivity contribution < 1.29 is 19.1 Å². The van der Waals surface area contributed by atoms with Crippen molar-refractivity contribution in [3.05, 3.63) is 16.0 Å². The highest BCUT2D eigenvalue weighted by Crippen LogP contribution is 2.50. The average molecular weight is 443 g/mol. The number of amides is 2. The van der Waals surface area contributed by atoms with Gasteiger partial charge in [0.1, 0.15) is 21.2 Å². The zero-order chi connectivity index (χ0) is 21.5. The Labute approximate surface area is 184 Å². The quantitative estimate of drug-likeness (QED) is 0.731. The maximum atomic E-state index is 13.1. The van der Waals surface area contributed by atoms with Gasteiger partial charge in [-0.05, 0) is 32.8 Å². The number of carbonyl (C=O) groups is 2. The highest BCUT2D eigenvalue weighted by Gasteiger charge is 2.50. The molecular formula is C22H26N4O4S. The van der Waals surface area contributed by atoms with E-state index >= 15 is 0 Å². The number of aromatic nitrogens is 1. The van der Waals surface area contributed by atoms with Gasteiger partial charge in [-0.25, -0.2) is 4.98 Å². The second-order valence-electron chi connectivity index (χ2n) is 9.63. The Balaban J connectivity index is 1.64. The summed E-state index contributed by atoms with van der Waals surface area (Å²) in [6.45, 7) is 9.50. The molecule has 4 aliphatic heterocycles. The van der Waals surface area contributed by atoms with Crippen LogP contribution in [-0.4, -0.2) is 54.4 Å². The highest BCUT2D eigenvalue weighted by molar-refractivity contribution is 7.21. The van der Waals surface area contributed by atoms with Gasteiger partial charge in [-0.1, -0.05) is 0 Å². The Kier molecular flexibility index (Phi) is 4.02. The molecule has 0 bridgehead atoms. The average Bonchev–Trinajstić information content (AvgIpc) is 3.25. The summed E-state index contributed by atoms with van der Waals surface area (Å²) in [5, 5.41) is 4.03. The number of morpholine rings is 1. The molecule has 1 N–H and O–H groups in total. The smallest absolute Gasteiger partial charge is 0.265 e. The molecule has 31 heavy (non-hydrogen) atoms. The van der Waals surface area contributed by atoms with Gasteiger partial charge in [-0.15, -0.1) is 11.3 Å². The predicted molar refractivity (Wildman–Crippen MR) is 118 cm³/mol. The fraction of sp³-hybridized carbons (Fsp3) is 0.591. The van der Waals surface area contributed by atoms with E-state index in [1.165, 1.54) is 11.3 Å². The van der Waals surface area contributed by atoms with Crippen LogP contribution in [0.15, 0.2) is 0 Å². The van der Waals surface area contributed by atoms with Gasteiger partial charge in [0.25, 0.3) is 5.91 Å². The number of pyridine rings is 1. The van der Waals surface area contributed by atoms with Gasteiger partial charge >= 0.3 is 0 Å². The van der Waals surface area contributed by atoms with E-state index < -0.39 is 5.66 Å². The van der Waals surface area contributed by atoms with Gasteiger partial charge < -0.3 is 19.7 Å². The number of nitrogens with one attached hydrogen (secondary N) is 1. The molecule has 8 nitrogen and oxygen atoms in total. The highest BCUT2D eigenvalue weighted by atomic mass is 32.1. The standard InChI is InChI=1S/C22H26N4O4S/c1-21(2)10-12-13(11-30-21)18(25-6-8-29-9-7-25)23-20-15(12)16-17(31-20)19(28)24-22(3)5-4-14(27)26(16)22/h4-11H2,1-3H3,(H,24,28). The Morgan fingerprint density at radius 2 is 1.90 bits per heavy atom. The lowest BCUT2D eigenvalue weighted by Crippen LogP contribution is -2.59. The van der Waals surface area contributed by atoms with Crippen molar-refractivity contribution in [1.29, 1.82) is 0 Å². The molecule has 0 saturated carbocycles. The predicted octanol–water partition coefficient (Wildman–Crippen LogP) is 2.57. The molecule has 2 saturated heterocycles. The number of nitrogens with zero attached hydrogens (tertiary/aromatic N) is 3. The summed E-state index contributed by atoms with van der Waals surface area (Å²) in [6.07, 6.45) is 1.76. The van der Waals surface area contributed by atoms with Gasteiger partial charge in [-0.3, -0.25) is 14.5 Å². The summed E-state index contributed by atoms with van der Waals surface area (Å²) < 4.78 is 11.7. The molecule has 2 aromatic rings. The largest absolute Gasteiger partial charge is 0.378 e. The van der Waals surface area contributed by atoms with Crippen molar-refractivity contribution in [2.24, 2.45) is 0 Å². The Hall–Kier alpha value is -2.23. The van der Waals surface area contributed by atoms with Gasteiger partial charge in [0.2, 0.25) is 5.91 Å². The summed E-state index contributed by atoms with van der Waals surface area (Å²) in [7, 11) is 0. The van der Waals surface area contributed by atoms with Crippen molar-refractivity contribution in [2.45, 2.75) is 57.9 Å². The van der Waals surface area contributed by atoms with Crippen LogP contribution in [0.25, 0.3) is 10.2 Å². The summed E-state index contributed by atoms with van der Waals surface area (Å²) in [5.74, 6) is 0.871. The number of fused-ring (bicyclic) bond motifs is 7. The maximum absolute atomic E-state index is 13.1. The van der Waals surface area contributed by atoms with E-state index in [9.17, 15) is 9.59 Å². The van der Waals surface area contributed by atoms with E-state index in [2.05, 4.69) is 24.1 Å². The molecule has 1 atom stereocenters. The molecule has 0 radical (unpaired) electrons. The van der Waals surface area contributed by atoms with Crippen LogP contribution in [0.3, 0.4) is 0 Å². The number of hydrogen-bond donors (Lipinski definition) is 1. The molecule has 2 aromatic heterocycles. The third kappa shape index (κ3) is 2.76. The van der Waals surface area contributed by atoms with Gasteiger partial charge in [0.15, 0.2) is 0 Å². The number of carbonyl (C=O) groups excluding carboxylic acids is 2. The molecule has 2 fully saturated rings. The lowest BCUT2D eigenvalue weighted by atomic mass is 9.89. The lowest BCUT2D eigenvalue weighted by molar-refractivity contribution is -0.117. The fourth-order valence-electron chi connectivity index (χ4n) is 5.35. The molecule has 4 aliphatic rings. The number of hydrogen-bond acceptors (Lipinski definition) is 7. The molecule has 6 heterocycles. The molecular weight excluding hydrogens is 416 g/mol. The van der Waals surface area contributed by atoms with Gasteiger partial charge in [-0.2, -0.15) is 0 Å². The summed E-state index contributed by atoms with van der Waals surface area (Å²) in [5.41, 5.74) is 1.99. The lowest BCUT2D eigenvalue weighted by Gasteiger charge is -2.40. The third-order valence-corrected chi connectivity index (χ3v) is 7.98. The zero-order valence-electron chi connectivity index (χ0n) is 18.0. The fourth-order valence-corrected chi connectivity index (χ4v) is 6.43. The first-order chi connectivity index (χ1) is 14.8.